The first-order chi connectivity index (χ1) is 8.10. The molecule has 0 saturated heterocycles. The van der Waals surface area contributed by atoms with E-state index < -0.39 is 5.60 Å². The molecule has 0 radical (unpaired) electrons. The van der Waals surface area contributed by atoms with E-state index in [-0.39, 0.29) is 5.41 Å². The van der Waals surface area contributed by atoms with Gasteiger partial charge in [0.2, 0.25) is 0 Å². The molecule has 1 heterocycles. The molecule has 0 amide bonds. The summed E-state index contributed by atoms with van der Waals surface area (Å²) in [5, 5.41) is 10.6. The summed E-state index contributed by atoms with van der Waals surface area (Å²) in [6, 6.07) is 0. The minimum Gasteiger partial charge on any atom is -0.496 e. The fourth-order valence-electron chi connectivity index (χ4n) is 1.84. The molecular formula is C15H25NO2. The number of rotatable bonds is 3. The average molecular weight is 251 g/mol. The van der Waals surface area contributed by atoms with Gasteiger partial charge in [0.25, 0.3) is 0 Å². The maximum Gasteiger partial charge on any atom is 0.128 e. The molecule has 0 aliphatic heterocycles. The number of hydrogen-bond acceptors (Lipinski definition) is 3. The first-order valence-electron chi connectivity index (χ1n) is 6.31. The molecule has 3 nitrogen and oxygen atoms in total. The van der Waals surface area contributed by atoms with Crippen molar-refractivity contribution in [2.75, 3.05) is 7.11 Å². The van der Waals surface area contributed by atoms with Crippen molar-refractivity contribution in [1.29, 1.82) is 0 Å². The van der Waals surface area contributed by atoms with Crippen LogP contribution < -0.4 is 4.74 Å². The second kappa shape index (κ2) is 4.88. The Bertz CT molecular complexity index is 431. The number of hydrogen-bond donors (Lipinski definition) is 1. The molecule has 1 atom stereocenters. The molecular weight excluding hydrogens is 226 g/mol. The summed E-state index contributed by atoms with van der Waals surface area (Å²) in [4.78, 5) is 4.45. The Hall–Kier alpha value is -1.09. The number of aromatic nitrogens is 1. The highest BCUT2D eigenvalue weighted by molar-refractivity contribution is 5.41. The molecule has 0 aliphatic carbocycles. The second-order valence-corrected chi connectivity index (χ2v) is 6.25. The van der Waals surface area contributed by atoms with Crippen molar-refractivity contribution in [3.8, 4) is 5.75 Å². The molecule has 0 spiro atoms. The molecule has 18 heavy (non-hydrogen) atoms. The van der Waals surface area contributed by atoms with E-state index in [1.165, 1.54) is 0 Å². The summed E-state index contributed by atoms with van der Waals surface area (Å²) in [7, 11) is 1.67. The van der Waals surface area contributed by atoms with Gasteiger partial charge < -0.3 is 9.84 Å². The van der Waals surface area contributed by atoms with Gasteiger partial charge in [0.1, 0.15) is 5.75 Å². The van der Waals surface area contributed by atoms with Gasteiger partial charge in [0.15, 0.2) is 0 Å². The fraction of sp³-hybridized carbons (Fsp3) is 0.667. The number of aliphatic hydroxyl groups is 1. The molecule has 1 N–H and O–H groups in total. The largest absolute Gasteiger partial charge is 0.496 e. The Morgan fingerprint density at radius 3 is 2.22 bits per heavy atom. The lowest BCUT2D eigenvalue weighted by atomic mass is 9.74. The summed E-state index contributed by atoms with van der Waals surface area (Å²) >= 11 is 0. The van der Waals surface area contributed by atoms with Crippen molar-refractivity contribution < 1.29 is 9.84 Å². The minimum atomic E-state index is -0.801. The van der Waals surface area contributed by atoms with Crippen molar-refractivity contribution >= 4 is 0 Å². The van der Waals surface area contributed by atoms with Crippen LogP contribution in [0.15, 0.2) is 6.20 Å². The predicted octanol–water partition coefficient (Wildman–Crippen LogP) is 3.05. The number of nitrogens with zero attached hydrogens (tertiary/aromatic N) is 1. The second-order valence-electron chi connectivity index (χ2n) is 6.25. The van der Waals surface area contributed by atoms with Gasteiger partial charge in [-0.25, -0.2) is 0 Å². The van der Waals surface area contributed by atoms with Crippen LogP contribution in [0.3, 0.4) is 0 Å². The summed E-state index contributed by atoms with van der Waals surface area (Å²) < 4.78 is 5.39. The summed E-state index contributed by atoms with van der Waals surface area (Å²) in [5.74, 6) is 0.865. The molecule has 1 unspecified atom stereocenters. The third-order valence-corrected chi connectivity index (χ3v) is 3.88. The van der Waals surface area contributed by atoms with E-state index in [1.54, 1.807) is 13.3 Å². The lowest BCUT2D eigenvalue weighted by molar-refractivity contribution is -0.0414. The molecule has 1 rings (SSSR count). The van der Waals surface area contributed by atoms with Crippen molar-refractivity contribution in [2.24, 2.45) is 5.41 Å². The molecule has 102 valence electrons. The monoisotopic (exact) mass is 251 g/mol. The van der Waals surface area contributed by atoms with Gasteiger partial charge in [-0.1, -0.05) is 20.8 Å². The maximum atomic E-state index is 10.6. The van der Waals surface area contributed by atoms with E-state index in [9.17, 15) is 5.11 Å². The van der Waals surface area contributed by atoms with Crippen LogP contribution in [0.1, 0.15) is 44.5 Å². The molecule has 1 aromatic heterocycles. The number of pyridine rings is 1. The average Bonchev–Trinajstić information content (AvgIpc) is 2.21. The molecule has 0 saturated carbocycles. The molecule has 0 fully saturated rings. The van der Waals surface area contributed by atoms with Crippen LogP contribution in [0, 0.1) is 19.3 Å². The van der Waals surface area contributed by atoms with Gasteiger partial charge in [0.05, 0.1) is 12.7 Å². The predicted molar refractivity (Wildman–Crippen MR) is 74.0 cm³/mol. The minimum absolute atomic E-state index is 0.195. The maximum absolute atomic E-state index is 10.6. The van der Waals surface area contributed by atoms with E-state index >= 15 is 0 Å². The van der Waals surface area contributed by atoms with Gasteiger partial charge >= 0.3 is 0 Å². The Labute approximate surface area is 110 Å². The van der Waals surface area contributed by atoms with E-state index in [1.807, 2.05) is 41.5 Å². The number of methoxy groups -OCH3 is 1. The van der Waals surface area contributed by atoms with Crippen molar-refractivity contribution in [3.63, 3.8) is 0 Å². The fourth-order valence-corrected chi connectivity index (χ4v) is 1.84. The first-order valence-corrected chi connectivity index (χ1v) is 6.31. The van der Waals surface area contributed by atoms with Crippen molar-refractivity contribution in [1.82, 2.24) is 4.98 Å². The van der Waals surface area contributed by atoms with Crippen LogP contribution in [0.2, 0.25) is 0 Å². The highest BCUT2D eigenvalue weighted by Gasteiger charge is 2.36. The Kier molecular flexibility index (Phi) is 4.06. The lowest BCUT2D eigenvalue weighted by Gasteiger charge is -2.37. The summed E-state index contributed by atoms with van der Waals surface area (Å²) in [6.45, 7) is 11.9. The van der Waals surface area contributed by atoms with Crippen molar-refractivity contribution in [2.45, 2.75) is 53.6 Å². The first kappa shape index (κ1) is 15.0. The quantitative estimate of drug-likeness (QED) is 0.897. The van der Waals surface area contributed by atoms with Gasteiger partial charge in [-0.3, -0.25) is 4.98 Å². The zero-order valence-corrected chi connectivity index (χ0v) is 12.6. The Balaban J connectivity index is 3.14. The Morgan fingerprint density at radius 1 is 1.22 bits per heavy atom. The number of aryl methyl sites for hydroxylation is 1. The SMILES string of the molecule is COc1c(C)cnc(CC(C)(O)C(C)(C)C)c1C. The van der Waals surface area contributed by atoms with Gasteiger partial charge in [-0.2, -0.15) is 0 Å². The van der Waals surface area contributed by atoms with E-state index in [2.05, 4.69) is 4.98 Å². The topological polar surface area (TPSA) is 42.4 Å². The normalized spacial score (nSPS) is 15.3. The molecule has 3 heteroatoms. The van der Waals surface area contributed by atoms with Crippen LogP contribution in [-0.4, -0.2) is 22.8 Å². The van der Waals surface area contributed by atoms with Crippen LogP contribution in [-0.2, 0) is 6.42 Å². The zero-order chi connectivity index (χ0) is 14.1. The third-order valence-electron chi connectivity index (χ3n) is 3.88. The van der Waals surface area contributed by atoms with Crippen LogP contribution in [0.25, 0.3) is 0 Å². The van der Waals surface area contributed by atoms with Crippen LogP contribution in [0.4, 0.5) is 0 Å². The molecule has 0 aliphatic rings. The van der Waals surface area contributed by atoms with Crippen molar-refractivity contribution in [3.05, 3.63) is 23.0 Å². The van der Waals surface area contributed by atoms with E-state index in [0.29, 0.717) is 6.42 Å². The standard InChI is InChI=1S/C15H25NO2/c1-10-9-16-12(11(2)13(10)18-7)8-15(6,17)14(3,4)5/h9,17H,8H2,1-7H3. The molecule has 0 bridgehead atoms. The zero-order valence-electron chi connectivity index (χ0n) is 12.6. The highest BCUT2D eigenvalue weighted by Crippen LogP contribution is 2.34. The van der Waals surface area contributed by atoms with Gasteiger partial charge in [-0.05, 0) is 26.2 Å². The summed E-state index contributed by atoms with van der Waals surface area (Å²) in [6.07, 6.45) is 2.33. The van der Waals surface area contributed by atoms with E-state index in [0.717, 1.165) is 22.6 Å². The smallest absolute Gasteiger partial charge is 0.128 e. The highest BCUT2D eigenvalue weighted by atomic mass is 16.5. The summed E-state index contributed by atoms with van der Waals surface area (Å²) in [5.41, 5.74) is 1.94. The van der Waals surface area contributed by atoms with E-state index in [4.69, 9.17) is 4.74 Å². The molecule has 0 aromatic carbocycles. The van der Waals surface area contributed by atoms with Gasteiger partial charge in [-0.15, -0.1) is 0 Å². The van der Waals surface area contributed by atoms with Crippen LogP contribution >= 0.6 is 0 Å². The molecule has 1 aromatic rings. The Morgan fingerprint density at radius 2 is 1.78 bits per heavy atom. The number of ether oxygens (including phenoxy) is 1. The lowest BCUT2D eigenvalue weighted by Crippen LogP contribution is -2.42. The van der Waals surface area contributed by atoms with Crippen LogP contribution in [0.5, 0.6) is 5.75 Å². The third kappa shape index (κ3) is 2.83. The van der Waals surface area contributed by atoms with Gasteiger partial charge in [0, 0.05) is 29.4 Å².